The quantitative estimate of drug-likeness (QED) is 0.134. The lowest BCUT2D eigenvalue weighted by atomic mass is 9.89. The topological polar surface area (TPSA) is 179 Å². The van der Waals surface area contributed by atoms with Gasteiger partial charge in [0.25, 0.3) is 5.91 Å². The van der Waals surface area contributed by atoms with Crippen LogP contribution in [0.4, 0.5) is 14.9 Å². The van der Waals surface area contributed by atoms with E-state index in [0.717, 1.165) is 73.0 Å². The summed E-state index contributed by atoms with van der Waals surface area (Å²) in [5, 5.41) is 13.8. The average molecular weight is 818 g/mol. The van der Waals surface area contributed by atoms with Crippen molar-refractivity contribution < 1.29 is 23.9 Å². The molecule has 13 nitrogen and oxygen atoms in total. The van der Waals surface area contributed by atoms with Crippen molar-refractivity contribution in [3.63, 3.8) is 0 Å². The number of para-hydroxylation sites is 1. The fourth-order valence-electron chi connectivity index (χ4n) is 9.57. The van der Waals surface area contributed by atoms with Crippen molar-refractivity contribution in [1.29, 1.82) is 0 Å². The molecule has 4 amide bonds. The van der Waals surface area contributed by atoms with Crippen molar-refractivity contribution in [2.75, 3.05) is 57.3 Å². The first-order chi connectivity index (χ1) is 28.9. The molecular formula is C46H56FN9O4. The van der Waals surface area contributed by atoms with Gasteiger partial charge >= 0.3 is 6.03 Å². The van der Waals surface area contributed by atoms with Gasteiger partial charge in [-0.3, -0.25) is 19.8 Å². The van der Waals surface area contributed by atoms with Crippen LogP contribution in [0.2, 0.25) is 0 Å². The predicted octanol–water partition coefficient (Wildman–Crippen LogP) is 5.65. The number of aromatic hydroxyl groups is 1. The summed E-state index contributed by atoms with van der Waals surface area (Å²) < 4.78 is 18.7. The number of fused-ring (bicyclic) bond motifs is 1. The number of benzene rings is 3. The van der Waals surface area contributed by atoms with Crippen LogP contribution in [0.5, 0.6) is 5.75 Å². The van der Waals surface area contributed by atoms with Crippen molar-refractivity contribution in [2.45, 2.75) is 69.5 Å². The highest BCUT2D eigenvalue weighted by Gasteiger charge is 2.39. The summed E-state index contributed by atoms with van der Waals surface area (Å²) in [6, 6.07) is 20.6. The zero-order valence-electron chi connectivity index (χ0n) is 34.3. The monoisotopic (exact) mass is 817 g/mol. The summed E-state index contributed by atoms with van der Waals surface area (Å²) in [7, 11) is 0. The maximum Gasteiger partial charge on any atom is 0.328 e. The molecular weight excluding hydrogens is 762 g/mol. The number of likely N-dealkylation sites (tertiary alicyclic amines) is 3. The molecule has 8 N–H and O–H groups in total. The molecule has 4 fully saturated rings. The summed E-state index contributed by atoms with van der Waals surface area (Å²) >= 11 is 0. The molecule has 4 saturated heterocycles. The molecule has 5 heterocycles. The van der Waals surface area contributed by atoms with Crippen LogP contribution in [0.1, 0.15) is 84.0 Å². The van der Waals surface area contributed by atoms with Crippen LogP contribution in [0.15, 0.2) is 90.5 Å². The normalized spacial score (nSPS) is 20.7. The Morgan fingerprint density at radius 1 is 0.917 bits per heavy atom. The van der Waals surface area contributed by atoms with E-state index in [0.29, 0.717) is 68.1 Å². The number of nitrogens with zero attached hydrogens (tertiary/aromatic N) is 5. The SMILES string of the molecule is Cc1cn(C2CCN(CC3(F)CCN(C(=O)c4ccc(C5CCCN(C(/C=C(\N)c6ccccc6O)=C(N)N)C5)cc4)CC3)CC2)c2ccc(N3CCC(=O)NC3=O)cc12. The number of imide groups is 1. The Morgan fingerprint density at radius 3 is 2.35 bits per heavy atom. The number of carbonyl (C=O) groups excluding carboxylic acids is 3. The number of halogens is 1. The van der Waals surface area contributed by atoms with E-state index in [9.17, 15) is 19.5 Å². The van der Waals surface area contributed by atoms with E-state index in [2.05, 4.69) is 38.9 Å². The van der Waals surface area contributed by atoms with Gasteiger partial charge in [0.2, 0.25) is 5.91 Å². The molecule has 8 rings (SSSR count). The van der Waals surface area contributed by atoms with Gasteiger partial charge in [-0.05, 0) is 92.3 Å². The molecule has 60 heavy (non-hydrogen) atoms. The molecule has 4 aliphatic rings. The Morgan fingerprint density at radius 2 is 1.65 bits per heavy atom. The third-order valence-electron chi connectivity index (χ3n) is 13.0. The van der Waals surface area contributed by atoms with Crippen LogP contribution in [0, 0.1) is 6.92 Å². The highest BCUT2D eigenvalue weighted by atomic mass is 19.1. The molecule has 0 saturated carbocycles. The van der Waals surface area contributed by atoms with Crippen molar-refractivity contribution in [3.05, 3.63) is 113 Å². The molecule has 0 radical (unpaired) electrons. The standard InChI is InChI=1S/C46H56FN9O4/c1-30-27-56(39-13-12-35(25-37(30)39)55-22-16-42(58)51-45(55)60)34-14-20-52(21-15-34)29-46(47)17-23-53(24-18-46)44(59)32-10-8-31(9-11-32)33-5-4-19-54(28-33)40(43(49)50)26-38(48)36-6-2-3-7-41(36)57/h2-3,6-13,25-27,33-34,57H,4-5,14-24,28-29,48-50H2,1H3,(H,51,58,60)/b38-26-. The molecule has 1 unspecified atom stereocenters. The highest BCUT2D eigenvalue weighted by Crippen LogP contribution is 2.36. The maximum absolute atomic E-state index is 16.4. The molecule has 1 atom stereocenters. The number of alkyl halides is 1. The number of nitrogens with one attached hydrogen (secondary N) is 1. The molecule has 14 heteroatoms. The van der Waals surface area contributed by atoms with E-state index in [1.54, 1.807) is 40.1 Å². The highest BCUT2D eigenvalue weighted by molar-refractivity contribution is 6.06. The van der Waals surface area contributed by atoms with Gasteiger partial charge in [0, 0.05) is 123 Å². The number of nitrogens with two attached hydrogens (primary N) is 3. The average Bonchev–Trinajstić information content (AvgIpc) is 3.58. The van der Waals surface area contributed by atoms with E-state index in [1.807, 2.05) is 36.4 Å². The number of hydrogen-bond acceptors (Lipinski definition) is 9. The van der Waals surface area contributed by atoms with Crippen LogP contribution in [-0.2, 0) is 4.79 Å². The number of phenols is 1. The molecule has 0 aliphatic carbocycles. The van der Waals surface area contributed by atoms with Crippen LogP contribution in [0.3, 0.4) is 0 Å². The van der Waals surface area contributed by atoms with Crippen LogP contribution < -0.4 is 27.4 Å². The zero-order chi connectivity index (χ0) is 42.1. The second-order valence-corrected chi connectivity index (χ2v) is 17.0. The Hall–Kier alpha value is -6.02. The molecule has 4 aliphatic heterocycles. The maximum atomic E-state index is 16.4. The van der Waals surface area contributed by atoms with Gasteiger partial charge < -0.3 is 41.6 Å². The lowest BCUT2D eigenvalue weighted by molar-refractivity contribution is -0.120. The number of carbonyl (C=O) groups is 3. The lowest BCUT2D eigenvalue weighted by Gasteiger charge is -2.41. The Labute approximate surface area is 350 Å². The number of phenolic OH excluding ortho intramolecular Hbond substituents is 1. The van der Waals surface area contributed by atoms with E-state index >= 15 is 4.39 Å². The third-order valence-corrected chi connectivity index (χ3v) is 13.0. The van der Waals surface area contributed by atoms with Gasteiger partial charge in [-0.2, -0.15) is 0 Å². The first-order valence-electron chi connectivity index (χ1n) is 21.1. The Balaban J connectivity index is 0.826. The van der Waals surface area contributed by atoms with E-state index < -0.39 is 5.67 Å². The fraction of sp³-hybridized carbons (Fsp3) is 0.413. The van der Waals surface area contributed by atoms with Gasteiger partial charge in [0.1, 0.15) is 17.2 Å². The molecule has 316 valence electrons. The van der Waals surface area contributed by atoms with Gasteiger partial charge in [-0.25, -0.2) is 9.18 Å². The summed E-state index contributed by atoms with van der Waals surface area (Å²) in [6.07, 6.45) is 8.50. The first-order valence-corrected chi connectivity index (χ1v) is 21.1. The molecule has 1 aromatic heterocycles. The van der Waals surface area contributed by atoms with Crippen LogP contribution in [0.25, 0.3) is 16.6 Å². The number of piperidine rings is 3. The summed E-state index contributed by atoms with van der Waals surface area (Å²) in [4.78, 5) is 45.5. The number of aromatic nitrogens is 1. The molecule has 0 spiro atoms. The minimum atomic E-state index is -1.35. The zero-order valence-corrected chi connectivity index (χ0v) is 34.3. The minimum absolute atomic E-state index is 0.0729. The number of rotatable bonds is 9. The van der Waals surface area contributed by atoms with Crippen LogP contribution in [-0.4, -0.2) is 100 Å². The number of allylic oxidation sites excluding steroid dienone is 1. The van der Waals surface area contributed by atoms with Gasteiger partial charge in [0.15, 0.2) is 0 Å². The third kappa shape index (κ3) is 8.51. The van der Waals surface area contributed by atoms with Crippen molar-refractivity contribution in [1.82, 2.24) is 24.6 Å². The summed E-state index contributed by atoms with van der Waals surface area (Å²) in [5.74, 6) is 0.0995. The second-order valence-electron chi connectivity index (χ2n) is 17.0. The lowest BCUT2D eigenvalue weighted by Crippen LogP contribution is -2.51. The Bertz CT molecular complexity index is 2320. The molecule has 4 aromatic rings. The molecule has 0 bridgehead atoms. The second kappa shape index (κ2) is 16.9. The van der Waals surface area contributed by atoms with E-state index in [4.69, 9.17) is 17.2 Å². The van der Waals surface area contributed by atoms with Gasteiger partial charge in [0.05, 0.1) is 5.70 Å². The van der Waals surface area contributed by atoms with Crippen molar-refractivity contribution in [2.24, 2.45) is 17.2 Å². The number of anilines is 1. The molecule has 3 aromatic carbocycles. The van der Waals surface area contributed by atoms with Crippen molar-refractivity contribution in [3.8, 4) is 5.75 Å². The van der Waals surface area contributed by atoms with Gasteiger partial charge in [-0.1, -0.05) is 24.3 Å². The number of hydrogen-bond donors (Lipinski definition) is 5. The largest absolute Gasteiger partial charge is 0.507 e. The van der Waals surface area contributed by atoms with Gasteiger partial charge in [-0.15, -0.1) is 0 Å². The Kier molecular flexibility index (Phi) is 11.5. The minimum Gasteiger partial charge on any atom is -0.507 e. The number of aryl methyl sites for hydroxylation is 1. The summed E-state index contributed by atoms with van der Waals surface area (Å²) in [5.41, 5.74) is 23.5. The smallest absolute Gasteiger partial charge is 0.328 e. The number of amides is 4. The summed E-state index contributed by atoms with van der Waals surface area (Å²) in [6.45, 7) is 6.59. The number of urea groups is 1. The fourth-order valence-corrected chi connectivity index (χ4v) is 9.57. The predicted molar refractivity (Wildman–Crippen MR) is 232 cm³/mol. The van der Waals surface area contributed by atoms with E-state index in [1.165, 1.54) is 0 Å². The van der Waals surface area contributed by atoms with Crippen molar-refractivity contribution >= 4 is 40.1 Å². The van der Waals surface area contributed by atoms with E-state index in [-0.39, 0.29) is 47.8 Å². The van der Waals surface area contributed by atoms with Crippen LogP contribution >= 0.6 is 0 Å². The first kappa shape index (κ1) is 40.7.